The molecule has 19 heavy (non-hydrogen) atoms. The molecule has 2 aliphatic rings. The number of amides is 1. The summed E-state index contributed by atoms with van der Waals surface area (Å²) in [5, 5.41) is 8.82. The molecule has 3 nitrogen and oxygen atoms in total. The quantitative estimate of drug-likeness (QED) is 0.818. The van der Waals surface area contributed by atoms with Crippen LogP contribution in [0.4, 0.5) is 4.39 Å². The van der Waals surface area contributed by atoms with Gasteiger partial charge in [-0.15, -0.1) is 0 Å². The molecule has 1 aromatic carbocycles. The summed E-state index contributed by atoms with van der Waals surface area (Å²) in [5.74, 6) is -0.0709. The topological polar surface area (TPSA) is 44.1 Å². The summed E-state index contributed by atoms with van der Waals surface area (Å²) in [6.07, 6.45) is 2.30. The molecule has 0 spiro atoms. The van der Waals surface area contributed by atoms with Crippen molar-refractivity contribution in [2.45, 2.75) is 19.8 Å². The van der Waals surface area contributed by atoms with Gasteiger partial charge in [0, 0.05) is 18.7 Å². The van der Waals surface area contributed by atoms with Gasteiger partial charge in [-0.3, -0.25) is 4.79 Å². The Kier molecular flexibility index (Phi) is 2.60. The Morgan fingerprint density at radius 2 is 2.37 bits per heavy atom. The number of nitrogens with zero attached hydrogens (tertiary/aromatic N) is 2. The molecule has 1 aliphatic carbocycles. The first-order valence-corrected chi connectivity index (χ1v) is 6.58. The zero-order valence-electron chi connectivity index (χ0n) is 10.8. The molecule has 1 aliphatic heterocycles. The predicted molar refractivity (Wildman–Crippen MR) is 67.8 cm³/mol. The van der Waals surface area contributed by atoms with E-state index < -0.39 is 5.82 Å². The van der Waals surface area contributed by atoms with Gasteiger partial charge in [-0.05, 0) is 42.4 Å². The Bertz CT molecular complexity index is 588. The number of carbonyl (C=O) groups excluding carboxylic acids is 1. The van der Waals surface area contributed by atoms with E-state index in [0.29, 0.717) is 11.3 Å². The van der Waals surface area contributed by atoms with Crippen molar-refractivity contribution >= 4 is 5.91 Å². The first-order valence-electron chi connectivity index (χ1n) is 6.58. The molecule has 1 aromatic rings. The monoisotopic (exact) mass is 258 g/mol. The van der Waals surface area contributed by atoms with Gasteiger partial charge in [0.1, 0.15) is 5.82 Å². The molecule has 2 atom stereocenters. The van der Waals surface area contributed by atoms with Gasteiger partial charge in [-0.25, -0.2) is 4.39 Å². The van der Waals surface area contributed by atoms with Crippen LogP contribution in [0.2, 0.25) is 0 Å². The van der Waals surface area contributed by atoms with Crippen molar-refractivity contribution in [2.75, 3.05) is 13.1 Å². The van der Waals surface area contributed by atoms with Gasteiger partial charge >= 0.3 is 0 Å². The first kappa shape index (κ1) is 12.2. The fourth-order valence-electron chi connectivity index (χ4n) is 3.25. The molecule has 2 unspecified atom stereocenters. The molecule has 1 heterocycles. The molecule has 0 aromatic heterocycles. The summed E-state index contributed by atoms with van der Waals surface area (Å²) >= 11 is 0. The van der Waals surface area contributed by atoms with Crippen LogP contribution < -0.4 is 0 Å². The summed E-state index contributed by atoms with van der Waals surface area (Å²) in [5.41, 5.74) is 0.795. The number of hydrogen-bond acceptors (Lipinski definition) is 2. The van der Waals surface area contributed by atoms with Crippen LogP contribution in [-0.4, -0.2) is 23.9 Å². The van der Waals surface area contributed by atoms with Gasteiger partial charge in [0.25, 0.3) is 5.91 Å². The number of likely N-dealkylation sites (tertiary alicyclic amines) is 1. The second kappa shape index (κ2) is 4.06. The number of piperidine rings is 1. The van der Waals surface area contributed by atoms with Crippen LogP contribution in [0.1, 0.15) is 35.7 Å². The van der Waals surface area contributed by atoms with Crippen molar-refractivity contribution in [3.8, 4) is 6.07 Å². The maximum atomic E-state index is 13.4. The van der Waals surface area contributed by atoms with Gasteiger partial charge < -0.3 is 4.90 Å². The van der Waals surface area contributed by atoms with E-state index in [2.05, 4.69) is 6.92 Å². The lowest BCUT2D eigenvalue weighted by atomic mass is 10.0. The second-order valence-corrected chi connectivity index (χ2v) is 5.64. The van der Waals surface area contributed by atoms with Crippen LogP contribution in [-0.2, 0) is 0 Å². The Labute approximate surface area is 111 Å². The van der Waals surface area contributed by atoms with Gasteiger partial charge in [0.15, 0.2) is 0 Å². The Hall–Kier alpha value is -1.89. The smallest absolute Gasteiger partial charge is 0.254 e. The SMILES string of the molecule is CCC12CC1CN(C(=O)c1cc(F)cc(C#N)c1)C2. The third kappa shape index (κ3) is 1.90. The van der Waals surface area contributed by atoms with Crippen molar-refractivity contribution in [3.63, 3.8) is 0 Å². The lowest BCUT2D eigenvalue weighted by Gasteiger charge is -2.20. The maximum Gasteiger partial charge on any atom is 0.254 e. The molecule has 0 N–H and O–H groups in total. The van der Waals surface area contributed by atoms with Crippen molar-refractivity contribution in [2.24, 2.45) is 11.3 Å². The highest BCUT2D eigenvalue weighted by Gasteiger charge is 2.59. The lowest BCUT2D eigenvalue weighted by molar-refractivity contribution is 0.0763. The molecule has 0 radical (unpaired) electrons. The summed E-state index contributed by atoms with van der Waals surface area (Å²) in [6, 6.07) is 5.70. The minimum atomic E-state index is -0.531. The molecule has 1 saturated heterocycles. The van der Waals surface area contributed by atoms with E-state index in [1.807, 2.05) is 6.07 Å². The number of fused-ring (bicyclic) bond motifs is 1. The lowest BCUT2D eigenvalue weighted by Crippen LogP contribution is -2.32. The summed E-state index contributed by atoms with van der Waals surface area (Å²) in [7, 11) is 0. The maximum absolute atomic E-state index is 13.4. The van der Waals surface area contributed by atoms with Gasteiger partial charge in [0.05, 0.1) is 11.6 Å². The fourth-order valence-corrected chi connectivity index (χ4v) is 3.25. The standard InChI is InChI=1S/C15H15FN2O/c1-2-15-6-12(15)8-18(9-15)14(19)11-3-10(7-17)4-13(16)5-11/h3-5,12H,2,6,8-9H2,1H3. The first-order chi connectivity index (χ1) is 9.08. The fraction of sp³-hybridized carbons (Fsp3) is 0.467. The van der Waals surface area contributed by atoms with E-state index in [1.165, 1.54) is 18.6 Å². The molecule has 1 amide bonds. The van der Waals surface area contributed by atoms with Crippen LogP contribution in [0.15, 0.2) is 18.2 Å². The van der Waals surface area contributed by atoms with E-state index in [4.69, 9.17) is 5.26 Å². The molecule has 3 rings (SSSR count). The predicted octanol–water partition coefficient (Wildman–Crippen LogP) is 2.57. The zero-order valence-corrected chi connectivity index (χ0v) is 10.8. The van der Waals surface area contributed by atoms with E-state index in [9.17, 15) is 9.18 Å². The normalized spacial score (nSPS) is 27.8. The van der Waals surface area contributed by atoms with Crippen molar-refractivity contribution < 1.29 is 9.18 Å². The Morgan fingerprint density at radius 3 is 3.00 bits per heavy atom. The number of carbonyl (C=O) groups is 1. The van der Waals surface area contributed by atoms with E-state index in [0.717, 1.165) is 25.6 Å². The number of nitriles is 1. The molecular formula is C15H15FN2O. The average Bonchev–Trinajstić information content (AvgIpc) is 2.99. The van der Waals surface area contributed by atoms with Crippen LogP contribution in [0.25, 0.3) is 0 Å². The number of rotatable bonds is 2. The molecule has 4 heteroatoms. The van der Waals surface area contributed by atoms with Crippen LogP contribution in [0.3, 0.4) is 0 Å². The molecule has 2 fully saturated rings. The largest absolute Gasteiger partial charge is 0.338 e. The van der Waals surface area contributed by atoms with E-state index in [-0.39, 0.29) is 17.0 Å². The highest BCUT2D eigenvalue weighted by molar-refractivity contribution is 5.95. The van der Waals surface area contributed by atoms with Gasteiger partial charge in [-0.1, -0.05) is 6.92 Å². The van der Waals surface area contributed by atoms with Gasteiger partial charge in [0.2, 0.25) is 0 Å². The Morgan fingerprint density at radius 1 is 1.58 bits per heavy atom. The van der Waals surface area contributed by atoms with Gasteiger partial charge in [-0.2, -0.15) is 5.26 Å². The summed E-state index contributed by atoms with van der Waals surface area (Å²) in [4.78, 5) is 14.1. The summed E-state index contributed by atoms with van der Waals surface area (Å²) < 4.78 is 13.4. The molecule has 0 bridgehead atoms. The van der Waals surface area contributed by atoms with E-state index >= 15 is 0 Å². The molecular weight excluding hydrogens is 243 g/mol. The third-order valence-corrected chi connectivity index (χ3v) is 4.57. The number of benzene rings is 1. The number of halogens is 1. The average molecular weight is 258 g/mol. The Balaban J connectivity index is 1.82. The highest BCUT2D eigenvalue weighted by Crippen LogP contribution is 2.59. The number of hydrogen-bond donors (Lipinski definition) is 0. The third-order valence-electron chi connectivity index (χ3n) is 4.57. The van der Waals surface area contributed by atoms with Crippen LogP contribution in [0.5, 0.6) is 0 Å². The second-order valence-electron chi connectivity index (χ2n) is 5.64. The van der Waals surface area contributed by atoms with Crippen molar-refractivity contribution in [3.05, 3.63) is 35.1 Å². The van der Waals surface area contributed by atoms with Crippen LogP contribution >= 0.6 is 0 Å². The van der Waals surface area contributed by atoms with Crippen LogP contribution in [0, 0.1) is 28.5 Å². The van der Waals surface area contributed by atoms with Crippen molar-refractivity contribution in [1.82, 2.24) is 4.90 Å². The molecule has 98 valence electrons. The van der Waals surface area contributed by atoms with E-state index in [1.54, 1.807) is 4.90 Å². The zero-order chi connectivity index (χ0) is 13.6. The minimum absolute atomic E-state index is 0.156. The van der Waals surface area contributed by atoms with Crippen molar-refractivity contribution in [1.29, 1.82) is 5.26 Å². The summed E-state index contributed by atoms with van der Waals surface area (Å²) in [6.45, 7) is 3.69. The highest BCUT2D eigenvalue weighted by atomic mass is 19.1. The minimum Gasteiger partial charge on any atom is -0.338 e. The molecule has 1 saturated carbocycles.